The zero-order chi connectivity index (χ0) is 99.3. The van der Waals surface area contributed by atoms with Crippen LogP contribution in [0.3, 0.4) is 0 Å². The van der Waals surface area contributed by atoms with Crippen LogP contribution in [0.4, 0.5) is 56.9 Å². The molecule has 0 aromatic heterocycles. The summed E-state index contributed by atoms with van der Waals surface area (Å²) in [6.45, 7) is 72.0. The number of nitriles is 2. The van der Waals surface area contributed by atoms with Crippen molar-refractivity contribution < 1.29 is 72.7 Å². The van der Waals surface area contributed by atoms with E-state index < -0.39 is 136 Å². The quantitative estimate of drug-likeness (QED) is 0.00890. The van der Waals surface area contributed by atoms with Crippen molar-refractivity contribution in [2.24, 2.45) is 30.7 Å². The Morgan fingerprint density at radius 3 is 0.805 bits per heavy atom. The second-order valence-electron chi connectivity index (χ2n) is 41.4. The van der Waals surface area contributed by atoms with Crippen molar-refractivity contribution in [1.82, 2.24) is 9.34 Å². The van der Waals surface area contributed by atoms with Gasteiger partial charge >= 0.3 is 629 Å². The molecule has 3 spiro atoms. The molecule has 133 heavy (non-hydrogen) atoms. The monoisotopic (exact) mass is 2080 g/mol. The van der Waals surface area contributed by atoms with E-state index in [1.807, 2.05) is 215 Å². The Morgan fingerprint density at radius 1 is 0.346 bits per heavy atom. The van der Waals surface area contributed by atoms with Gasteiger partial charge in [-0.05, 0) is 55.4 Å². The van der Waals surface area contributed by atoms with Crippen molar-refractivity contribution in [3.63, 3.8) is 0 Å². The molecule has 0 bridgehead atoms. The summed E-state index contributed by atoms with van der Waals surface area (Å²) in [7, 11) is -2.62. The number of azo groups is 3. The zero-order valence-corrected chi connectivity index (χ0v) is 92.2. The fraction of sp³-hybridized carbons (Fsp3) is 0.660. The number of nitro groups is 2. The van der Waals surface area contributed by atoms with Crippen molar-refractivity contribution in [3.8, 4) is 12.1 Å². The van der Waals surface area contributed by atoms with E-state index in [1.165, 1.54) is 30.3 Å². The molecule has 5 aromatic carbocycles. The van der Waals surface area contributed by atoms with Gasteiger partial charge in [0.15, 0.2) is 0 Å². The summed E-state index contributed by atoms with van der Waals surface area (Å²) in [5.41, 5.74) is -7.10. The van der Waals surface area contributed by atoms with Crippen molar-refractivity contribution in [2.45, 2.75) is 352 Å². The molecule has 0 radical (unpaired) electrons. The van der Waals surface area contributed by atoms with E-state index >= 15 is 0 Å². The standard InChI is InChI=1S/C56H87As2N8O12P.C38H60AsN6O8P/c1-22-64(34-24-36-70-79(69-35-23-33-59)65(39(2)3)40(4)5)43-28-25-41(26-29-43)60-62-47-31-27-42(37-45(47)57(71-49(6,7)50(8,9)72-57)73-51(10,11)52(12,13)74-57)61-63-48-32-30-44(66(67)68)38-46(48)58(75-53(14,15)54(16,17)76-58)77-55(18,19)56(20,21)78-58;1-14-43(24-16-26-49-54(48-25-15-23-40)44(28(2)3)29(4)5)31-19-17-30(18-20-31)41-42-34-22-21-32(45(46)47)27-33(34)39(50-35(6,7)36(8,9)51-39)52-37(10,11)38(12,13)53-39/h25-32,37-40H,22-24,34-36H2,1-21H3;17-22,27-29H,14-16,24-26H2,1-13H3. The summed E-state index contributed by atoms with van der Waals surface area (Å²) >= 11 is -17.2. The summed E-state index contributed by atoms with van der Waals surface area (Å²) in [4.78, 5) is 28.2. The van der Waals surface area contributed by atoms with Gasteiger partial charge in [-0.15, -0.1) is 0 Å². The van der Waals surface area contributed by atoms with Crippen molar-refractivity contribution >= 4 is 128 Å². The number of hydrogen-bond acceptors (Lipinski definition) is 32. The van der Waals surface area contributed by atoms with Gasteiger partial charge < -0.3 is 18.1 Å². The minimum atomic E-state index is -5.82. The molecule has 0 N–H and O–H groups in total. The number of nitro benzene ring substituents is 2. The number of rotatable bonds is 37. The number of anilines is 2. The third kappa shape index (κ3) is 21.9. The first-order chi connectivity index (χ1) is 61.3. The van der Waals surface area contributed by atoms with Gasteiger partial charge in [-0.1, -0.05) is 0 Å². The second kappa shape index (κ2) is 39.3. The third-order valence-corrected chi connectivity index (χ3v) is 57.5. The number of hydrogen-bond donors (Lipinski definition) is 0. The van der Waals surface area contributed by atoms with Gasteiger partial charge in [0.1, 0.15) is 0 Å². The van der Waals surface area contributed by atoms with Crippen LogP contribution < -0.4 is 22.9 Å². The molecule has 6 heterocycles. The van der Waals surface area contributed by atoms with E-state index in [2.05, 4.69) is 111 Å². The molecular weight excluding hydrogens is 1930 g/mol. The van der Waals surface area contributed by atoms with Crippen molar-refractivity contribution in [1.29, 1.82) is 10.5 Å². The molecule has 11 rings (SSSR count). The van der Waals surface area contributed by atoms with Crippen molar-refractivity contribution in [2.75, 3.05) is 62.4 Å². The molecular formula is C94H147As3N14O20P2. The van der Waals surface area contributed by atoms with Crippen LogP contribution in [0.5, 0.6) is 0 Å². The average Bonchev–Trinajstić information content (AvgIpc) is 1.50. The maximum absolute atomic E-state index is 12.5. The van der Waals surface area contributed by atoms with E-state index in [4.69, 9.17) is 93.8 Å². The van der Waals surface area contributed by atoms with Gasteiger partial charge in [0, 0.05) is 24.2 Å². The van der Waals surface area contributed by atoms with Crippen LogP contribution in [0.1, 0.15) is 261 Å². The fourth-order valence-corrected chi connectivity index (χ4v) is 53.8. The molecule has 6 aliphatic rings. The molecule has 6 saturated heterocycles. The molecule has 2 unspecified atom stereocenters. The average molecular weight is 2080 g/mol. The Kier molecular flexibility index (Phi) is 32.2. The summed E-state index contributed by atoms with van der Waals surface area (Å²) in [6.07, 6.45) is 2.17. The van der Waals surface area contributed by atoms with Crippen LogP contribution in [0.2, 0.25) is 0 Å². The Labute approximate surface area is 796 Å². The van der Waals surface area contributed by atoms with E-state index in [1.54, 1.807) is 24.3 Å². The first-order valence-electron chi connectivity index (χ1n) is 46.0. The van der Waals surface area contributed by atoms with Crippen LogP contribution in [0, 0.1) is 42.9 Å². The number of nitrogens with zero attached hydrogens (tertiary/aromatic N) is 14. The molecule has 0 amide bonds. The first kappa shape index (κ1) is 109. The molecule has 6 fully saturated rings. The molecule has 0 saturated carbocycles. The first-order valence-corrected chi connectivity index (χ1v) is 60.3. The van der Waals surface area contributed by atoms with Gasteiger partial charge in [0.2, 0.25) is 0 Å². The summed E-state index contributed by atoms with van der Waals surface area (Å²) in [5, 5.41) is 71.3. The van der Waals surface area contributed by atoms with Gasteiger partial charge in [-0.3, -0.25) is 0 Å². The maximum atomic E-state index is 12.5. The second-order valence-corrected chi connectivity index (χ2v) is 62.2. The Balaban J connectivity index is 0.000000296. The van der Waals surface area contributed by atoms with E-state index in [0.29, 0.717) is 72.1 Å². The van der Waals surface area contributed by atoms with Crippen LogP contribution in [0.25, 0.3) is 0 Å². The molecule has 5 aromatic rings. The van der Waals surface area contributed by atoms with Gasteiger partial charge in [-0.25, -0.2) is 9.34 Å². The molecule has 0 aliphatic carbocycles. The Morgan fingerprint density at radius 2 is 0.571 bits per heavy atom. The van der Waals surface area contributed by atoms with Crippen LogP contribution >= 0.6 is 17.1 Å². The number of benzene rings is 5. The summed E-state index contributed by atoms with van der Waals surface area (Å²) in [5.74, 6) is 0. The predicted molar refractivity (Wildman–Crippen MR) is 524 cm³/mol. The van der Waals surface area contributed by atoms with E-state index in [0.717, 1.165) is 50.4 Å². The molecule has 39 heteroatoms. The zero-order valence-electron chi connectivity index (χ0n) is 84.8. The number of non-ortho nitro benzene ring substituents is 2. The van der Waals surface area contributed by atoms with Gasteiger partial charge in [0.25, 0.3) is 17.1 Å². The topological polar surface area (TPSA) is 369 Å². The molecule has 2 atom stereocenters. The van der Waals surface area contributed by atoms with Crippen LogP contribution in [0.15, 0.2) is 134 Å². The van der Waals surface area contributed by atoms with Gasteiger partial charge in [-0.2, -0.15) is 10.5 Å². The molecule has 34 nitrogen and oxygen atoms in total. The Bertz CT molecular complexity index is 4970. The summed E-state index contributed by atoms with van der Waals surface area (Å²) in [6, 6.07) is 34.7. The van der Waals surface area contributed by atoms with E-state index in [-0.39, 0.29) is 49.9 Å². The van der Waals surface area contributed by atoms with Crippen molar-refractivity contribution in [3.05, 3.63) is 123 Å². The SMILES string of the molecule is CCN(CCCOP(OCCC#N)N(C(C)C)C(C)C)c1ccc(N=Nc2ccc(N=Nc3ccc([N+](=O)[O-])cc3[As]34(OC(C)(C)C(C)(C)O3)OC(C)(C)C(C)(C)O4)cc2[As]23(OC(C)(C)C(C)(C)O2)OC(C)(C)C(C)(C)O3)cc1.CCN(CCCOP(OCCC#N)N(C(C)C)C(C)C)c1ccc(N=Nc2ccc([N+](=O)[O-])cc2[As]23(OC(C)(C)C(C)(C)O2)OC(C)(C)C(C)(C)O3)cc1. The molecule has 6 aliphatic heterocycles. The predicted octanol–water partition coefficient (Wildman–Crippen LogP) is 22.9. The van der Waals surface area contributed by atoms with Gasteiger partial charge in [0.05, 0.1) is 38.2 Å². The van der Waals surface area contributed by atoms with Crippen LogP contribution in [-0.2, 0) is 62.8 Å². The summed E-state index contributed by atoms with van der Waals surface area (Å²) < 4.78 is 115. The van der Waals surface area contributed by atoms with Crippen LogP contribution in [-0.4, -0.2) is 205 Å². The molecule has 738 valence electrons. The Hall–Kier alpha value is -5.90. The fourth-order valence-electron chi connectivity index (χ4n) is 16.1. The normalized spacial score (nSPS) is 23.8. The third-order valence-electron chi connectivity index (χ3n) is 26.7. The minimum absolute atomic E-state index is 0.166. The van der Waals surface area contributed by atoms with E-state index in [9.17, 15) is 20.2 Å².